The Hall–Kier alpha value is -1.26. The summed E-state index contributed by atoms with van der Waals surface area (Å²) in [5.41, 5.74) is 1.19. The standard InChI is InChI=1S/C21H36N4O3.HI/c1-6-7-10-24(3)21(22-2)23-16-18(25-11-13-28-14-12-25)17-8-9-19(26-4)20(15-17)27-5;/h8-9,15,18H,6-7,10-14,16H2,1-5H3,(H,22,23);1H. The van der Waals surface area contributed by atoms with E-state index in [1.807, 2.05) is 13.1 Å². The predicted octanol–water partition coefficient (Wildman–Crippen LogP) is 3.00. The van der Waals surface area contributed by atoms with Crippen LogP contribution < -0.4 is 14.8 Å². The van der Waals surface area contributed by atoms with Gasteiger partial charge in [-0.3, -0.25) is 9.89 Å². The number of morpholine rings is 1. The van der Waals surface area contributed by atoms with Crippen LogP contribution in [0, 0.1) is 0 Å². The van der Waals surface area contributed by atoms with Crippen molar-refractivity contribution >= 4 is 29.9 Å². The number of ether oxygens (including phenoxy) is 3. The summed E-state index contributed by atoms with van der Waals surface area (Å²) in [6.45, 7) is 7.29. The molecule has 7 nitrogen and oxygen atoms in total. The third-order valence-corrected chi connectivity index (χ3v) is 5.15. The molecule has 0 radical (unpaired) electrons. The highest BCUT2D eigenvalue weighted by molar-refractivity contribution is 14.0. The smallest absolute Gasteiger partial charge is 0.193 e. The Morgan fingerprint density at radius 2 is 1.93 bits per heavy atom. The van der Waals surface area contributed by atoms with E-state index in [-0.39, 0.29) is 30.0 Å². The average molecular weight is 520 g/mol. The third kappa shape index (κ3) is 7.49. The van der Waals surface area contributed by atoms with Gasteiger partial charge in [0, 0.05) is 40.3 Å². The van der Waals surface area contributed by atoms with E-state index in [0.717, 1.165) is 63.3 Å². The Labute approximate surface area is 192 Å². The number of benzene rings is 1. The molecule has 1 heterocycles. The number of hydrogen-bond acceptors (Lipinski definition) is 5. The van der Waals surface area contributed by atoms with Gasteiger partial charge in [0.05, 0.1) is 33.5 Å². The Morgan fingerprint density at radius 1 is 1.24 bits per heavy atom. The highest BCUT2D eigenvalue weighted by atomic mass is 127. The van der Waals surface area contributed by atoms with E-state index in [1.165, 1.54) is 12.0 Å². The summed E-state index contributed by atoms with van der Waals surface area (Å²) in [5.74, 6) is 2.42. The van der Waals surface area contributed by atoms with Crippen LogP contribution in [-0.4, -0.2) is 83.5 Å². The van der Waals surface area contributed by atoms with Crippen molar-refractivity contribution < 1.29 is 14.2 Å². The molecule has 1 fully saturated rings. The van der Waals surface area contributed by atoms with Gasteiger partial charge in [-0.15, -0.1) is 24.0 Å². The minimum Gasteiger partial charge on any atom is -0.493 e. The van der Waals surface area contributed by atoms with Crippen molar-refractivity contribution in [3.05, 3.63) is 23.8 Å². The van der Waals surface area contributed by atoms with Crippen molar-refractivity contribution in [1.82, 2.24) is 15.1 Å². The van der Waals surface area contributed by atoms with Gasteiger partial charge in [-0.25, -0.2) is 0 Å². The molecule has 1 aromatic rings. The fourth-order valence-corrected chi connectivity index (χ4v) is 3.48. The lowest BCUT2D eigenvalue weighted by Gasteiger charge is -2.36. The fourth-order valence-electron chi connectivity index (χ4n) is 3.48. The molecule has 1 unspecified atom stereocenters. The van der Waals surface area contributed by atoms with Crippen LogP contribution >= 0.6 is 24.0 Å². The second kappa shape index (κ2) is 13.9. The van der Waals surface area contributed by atoms with Gasteiger partial charge in [0.1, 0.15) is 0 Å². The van der Waals surface area contributed by atoms with Crippen molar-refractivity contribution in [2.75, 3.05) is 67.7 Å². The number of nitrogens with zero attached hydrogens (tertiary/aromatic N) is 3. The van der Waals surface area contributed by atoms with Crippen LogP contribution in [0.1, 0.15) is 31.4 Å². The maximum atomic E-state index is 5.56. The van der Waals surface area contributed by atoms with Crippen LogP contribution in [-0.2, 0) is 4.74 Å². The van der Waals surface area contributed by atoms with Gasteiger partial charge < -0.3 is 24.4 Å². The molecule has 0 aliphatic carbocycles. The first-order valence-corrected chi connectivity index (χ1v) is 10.1. The summed E-state index contributed by atoms with van der Waals surface area (Å²) in [5, 5.41) is 3.56. The highest BCUT2D eigenvalue weighted by Crippen LogP contribution is 2.32. The monoisotopic (exact) mass is 520 g/mol. The lowest BCUT2D eigenvalue weighted by atomic mass is 10.0. The van der Waals surface area contributed by atoms with Gasteiger partial charge in [-0.1, -0.05) is 19.4 Å². The molecule has 0 saturated carbocycles. The molecule has 8 heteroatoms. The lowest BCUT2D eigenvalue weighted by molar-refractivity contribution is 0.0168. The van der Waals surface area contributed by atoms with Crippen molar-refractivity contribution in [2.24, 2.45) is 4.99 Å². The van der Waals surface area contributed by atoms with Gasteiger partial charge in [0.2, 0.25) is 0 Å². The minimum absolute atomic E-state index is 0. The zero-order valence-corrected chi connectivity index (χ0v) is 20.8. The molecular weight excluding hydrogens is 483 g/mol. The topological polar surface area (TPSA) is 58.6 Å². The molecule has 166 valence electrons. The first-order chi connectivity index (χ1) is 13.6. The Morgan fingerprint density at radius 3 is 2.52 bits per heavy atom. The van der Waals surface area contributed by atoms with Crippen molar-refractivity contribution in [2.45, 2.75) is 25.8 Å². The molecule has 1 N–H and O–H groups in total. The van der Waals surface area contributed by atoms with Gasteiger partial charge in [0.25, 0.3) is 0 Å². The number of guanidine groups is 1. The molecule has 2 rings (SSSR count). The number of aliphatic imine (C=N–C) groups is 1. The number of unbranched alkanes of at least 4 members (excludes halogenated alkanes) is 1. The average Bonchev–Trinajstić information content (AvgIpc) is 2.75. The number of nitrogens with one attached hydrogen (secondary N) is 1. The van der Waals surface area contributed by atoms with E-state index in [9.17, 15) is 0 Å². The molecule has 1 atom stereocenters. The van der Waals surface area contributed by atoms with Crippen molar-refractivity contribution in [3.8, 4) is 11.5 Å². The molecule has 0 bridgehead atoms. The molecule has 29 heavy (non-hydrogen) atoms. The molecule has 1 aliphatic heterocycles. The summed E-state index contributed by atoms with van der Waals surface area (Å²) < 4.78 is 16.5. The largest absolute Gasteiger partial charge is 0.493 e. The third-order valence-electron chi connectivity index (χ3n) is 5.15. The van der Waals surface area contributed by atoms with E-state index in [2.05, 4.69) is 46.2 Å². The van der Waals surface area contributed by atoms with Crippen molar-refractivity contribution in [1.29, 1.82) is 0 Å². The number of rotatable bonds is 9. The minimum atomic E-state index is 0. The van der Waals surface area contributed by atoms with E-state index in [0.29, 0.717) is 0 Å². The van der Waals surface area contributed by atoms with Crippen LogP contribution in [0.2, 0.25) is 0 Å². The Kier molecular flexibility index (Phi) is 12.3. The first-order valence-electron chi connectivity index (χ1n) is 10.1. The van der Waals surface area contributed by atoms with Gasteiger partial charge in [-0.2, -0.15) is 0 Å². The number of halogens is 1. The highest BCUT2D eigenvalue weighted by Gasteiger charge is 2.24. The summed E-state index contributed by atoms with van der Waals surface area (Å²) in [6.07, 6.45) is 2.32. The zero-order chi connectivity index (χ0) is 20.4. The Balaban J connectivity index is 0.00000420. The SMILES string of the molecule is CCCCN(C)C(=NC)NCC(c1ccc(OC)c(OC)c1)N1CCOCC1.I. The predicted molar refractivity (Wildman–Crippen MR) is 129 cm³/mol. The van der Waals surface area contributed by atoms with E-state index in [1.54, 1.807) is 14.2 Å². The Bertz CT molecular complexity index is 624. The number of methoxy groups -OCH3 is 2. The van der Waals surface area contributed by atoms with Crippen LogP contribution in [0.3, 0.4) is 0 Å². The van der Waals surface area contributed by atoms with Crippen LogP contribution in [0.5, 0.6) is 11.5 Å². The van der Waals surface area contributed by atoms with Gasteiger partial charge in [-0.05, 0) is 24.1 Å². The van der Waals surface area contributed by atoms with E-state index >= 15 is 0 Å². The number of hydrogen-bond donors (Lipinski definition) is 1. The maximum Gasteiger partial charge on any atom is 0.193 e. The van der Waals surface area contributed by atoms with E-state index in [4.69, 9.17) is 14.2 Å². The van der Waals surface area contributed by atoms with Gasteiger partial charge >= 0.3 is 0 Å². The molecular formula is C21H37IN4O3. The second-order valence-electron chi connectivity index (χ2n) is 6.98. The molecule has 1 aromatic carbocycles. The summed E-state index contributed by atoms with van der Waals surface area (Å²) in [4.78, 5) is 9.10. The summed E-state index contributed by atoms with van der Waals surface area (Å²) in [7, 11) is 7.26. The van der Waals surface area contributed by atoms with E-state index < -0.39 is 0 Å². The molecule has 0 aromatic heterocycles. The quantitative estimate of drug-likeness (QED) is 0.307. The fraction of sp³-hybridized carbons (Fsp3) is 0.667. The van der Waals surface area contributed by atoms with Crippen LogP contribution in [0.4, 0.5) is 0 Å². The summed E-state index contributed by atoms with van der Waals surface area (Å²) >= 11 is 0. The van der Waals surface area contributed by atoms with Crippen LogP contribution in [0.15, 0.2) is 23.2 Å². The molecule has 1 aliphatic rings. The lowest BCUT2D eigenvalue weighted by Crippen LogP contribution is -2.46. The maximum absolute atomic E-state index is 5.56. The van der Waals surface area contributed by atoms with Crippen LogP contribution in [0.25, 0.3) is 0 Å². The van der Waals surface area contributed by atoms with Crippen molar-refractivity contribution in [3.63, 3.8) is 0 Å². The van der Waals surface area contributed by atoms with Gasteiger partial charge in [0.15, 0.2) is 17.5 Å². The summed E-state index contributed by atoms with van der Waals surface area (Å²) in [6, 6.07) is 6.36. The normalized spacial score (nSPS) is 16.0. The first kappa shape index (κ1) is 25.8. The molecule has 1 saturated heterocycles. The second-order valence-corrected chi connectivity index (χ2v) is 6.98. The zero-order valence-electron chi connectivity index (χ0n) is 18.4. The molecule has 0 spiro atoms. The molecule has 0 amide bonds.